The lowest BCUT2D eigenvalue weighted by Crippen LogP contribution is -2.60. The number of ether oxygens (including phenoxy) is 1. The van der Waals surface area contributed by atoms with E-state index in [2.05, 4.69) is 4.99 Å². The molecule has 1 aliphatic heterocycles. The molecule has 1 aliphatic rings. The van der Waals surface area contributed by atoms with E-state index in [0.29, 0.717) is 0 Å². The number of aliphatic imine (C=N–C) groups is 1. The van der Waals surface area contributed by atoms with Crippen LogP contribution in [0.1, 0.15) is 19.4 Å². The van der Waals surface area contributed by atoms with Crippen molar-refractivity contribution >= 4 is 11.5 Å². The number of halogens is 4. The van der Waals surface area contributed by atoms with Crippen LogP contribution in [0.5, 0.6) is 0 Å². The number of hydrogen-bond donors (Lipinski definition) is 1. The summed E-state index contributed by atoms with van der Waals surface area (Å²) in [5, 5.41) is 10.8. The maximum atomic E-state index is 14.0. The van der Waals surface area contributed by atoms with Gasteiger partial charge in [-0.25, -0.2) is 4.39 Å². The molecule has 0 saturated heterocycles. The summed E-state index contributed by atoms with van der Waals surface area (Å²) in [6.07, 6.45) is -4.80. The second kappa shape index (κ2) is 5.15. The van der Waals surface area contributed by atoms with Gasteiger partial charge < -0.3 is 10.5 Å². The van der Waals surface area contributed by atoms with Gasteiger partial charge >= 0.3 is 6.18 Å². The molecule has 0 bridgehead atoms. The van der Waals surface area contributed by atoms with Crippen molar-refractivity contribution in [2.75, 3.05) is 6.61 Å². The van der Waals surface area contributed by atoms with E-state index in [0.717, 1.165) is 25.1 Å². The number of benzene rings is 1. The van der Waals surface area contributed by atoms with Crippen molar-refractivity contribution in [3.8, 4) is 0 Å². The summed E-state index contributed by atoms with van der Waals surface area (Å²) < 4.78 is 57.9. The number of nitrogens with zero attached hydrogens (tertiary/aromatic N) is 2. The third-order valence-electron chi connectivity index (χ3n) is 3.78. The monoisotopic (exact) mass is 335 g/mol. The lowest BCUT2D eigenvalue weighted by atomic mass is 9.89. The van der Waals surface area contributed by atoms with Gasteiger partial charge in [0.05, 0.1) is 11.5 Å². The van der Waals surface area contributed by atoms with Crippen molar-refractivity contribution in [2.24, 2.45) is 10.7 Å². The van der Waals surface area contributed by atoms with E-state index < -0.39 is 46.2 Å². The van der Waals surface area contributed by atoms with E-state index in [9.17, 15) is 27.7 Å². The summed E-state index contributed by atoms with van der Waals surface area (Å²) in [6, 6.07) is 2.70. The van der Waals surface area contributed by atoms with Crippen LogP contribution in [0.4, 0.5) is 23.2 Å². The predicted octanol–water partition coefficient (Wildman–Crippen LogP) is 2.66. The van der Waals surface area contributed by atoms with E-state index >= 15 is 0 Å². The number of nitro groups is 1. The molecule has 0 aliphatic carbocycles. The van der Waals surface area contributed by atoms with Gasteiger partial charge in [0.2, 0.25) is 5.60 Å². The zero-order valence-corrected chi connectivity index (χ0v) is 12.1. The van der Waals surface area contributed by atoms with Crippen molar-refractivity contribution in [1.29, 1.82) is 0 Å². The molecular weight excluding hydrogens is 322 g/mol. The number of rotatable bonds is 2. The molecule has 126 valence electrons. The molecular formula is C13H13F4N3O3. The van der Waals surface area contributed by atoms with Crippen LogP contribution in [0.3, 0.4) is 0 Å². The van der Waals surface area contributed by atoms with Gasteiger partial charge in [0.15, 0.2) is 0 Å². The average Bonchev–Trinajstić information content (AvgIpc) is 2.42. The molecule has 6 nitrogen and oxygen atoms in total. The van der Waals surface area contributed by atoms with Crippen molar-refractivity contribution in [2.45, 2.75) is 31.2 Å². The number of nitrogens with two attached hydrogens (primary N) is 1. The van der Waals surface area contributed by atoms with Crippen LogP contribution in [0, 0.1) is 15.9 Å². The molecule has 0 saturated carbocycles. The first-order valence-corrected chi connectivity index (χ1v) is 6.41. The number of hydrogen-bond acceptors (Lipinski definition) is 5. The minimum absolute atomic E-state index is 0.265. The van der Waals surface area contributed by atoms with Crippen LogP contribution in [0.25, 0.3) is 0 Å². The maximum Gasteiger partial charge on any atom is 0.424 e. The molecule has 0 amide bonds. The van der Waals surface area contributed by atoms with Crippen LogP contribution in [-0.2, 0) is 10.3 Å². The summed E-state index contributed by atoms with van der Waals surface area (Å²) in [5.74, 6) is -1.72. The Morgan fingerprint density at radius 1 is 1.39 bits per heavy atom. The van der Waals surface area contributed by atoms with Crippen molar-refractivity contribution in [1.82, 2.24) is 0 Å². The molecule has 1 unspecified atom stereocenters. The molecule has 0 spiro atoms. The quantitative estimate of drug-likeness (QED) is 0.511. The summed E-state index contributed by atoms with van der Waals surface area (Å²) >= 11 is 0. The smallest absolute Gasteiger partial charge is 0.385 e. The Balaban J connectivity index is 2.54. The Morgan fingerprint density at radius 2 is 2.00 bits per heavy atom. The predicted molar refractivity (Wildman–Crippen MR) is 72.4 cm³/mol. The molecule has 2 atom stereocenters. The summed E-state index contributed by atoms with van der Waals surface area (Å²) in [4.78, 5) is 13.8. The Bertz CT molecular complexity index is 692. The fraction of sp³-hybridized carbons (Fsp3) is 0.462. The standard InChI is InChI=1S/C13H13F4N3O3/c1-11(8-5-7(20(21)22)3-4-9(8)14)6-23-12(2,10(18)19-11)13(15,16)17/h3-5H,6H2,1-2H3,(H2,18,19)/t11?,12-/m1/s1. The molecule has 0 radical (unpaired) electrons. The first kappa shape index (κ1) is 17.1. The zero-order valence-electron chi connectivity index (χ0n) is 12.1. The Labute approximate surface area is 128 Å². The molecule has 1 aromatic rings. The second-order valence-corrected chi connectivity index (χ2v) is 5.51. The normalized spacial score (nSPS) is 28.3. The highest BCUT2D eigenvalue weighted by Gasteiger charge is 2.59. The van der Waals surface area contributed by atoms with Crippen LogP contribution in [0.15, 0.2) is 23.2 Å². The second-order valence-electron chi connectivity index (χ2n) is 5.51. The van der Waals surface area contributed by atoms with Crippen molar-refractivity contribution < 1.29 is 27.2 Å². The molecule has 0 aromatic heterocycles. The third-order valence-corrected chi connectivity index (χ3v) is 3.78. The highest BCUT2D eigenvalue weighted by molar-refractivity contribution is 5.90. The van der Waals surface area contributed by atoms with Gasteiger partial charge in [0.25, 0.3) is 5.69 Å². The first-order valence-electron chi connectivity index (χ1n) is 6.41. The van der Waals surface area contributed by atoms with E-state index in [4.69, 9.17) is 10.5 Å². The van der Waals surface area contributed by atoms with Gasteiger partial charge in [-0.1, -0.05) is 0 Å². The molecule has 1 aromatic carbocycles. The highest BCUT2D eigenvalue weighted by atomic mass is 19.4. The fourth-order valence-corrected chi connectivity index (χ4v) is 2.17. The van der Waals surface area contributed by atoms with Crippen LogP contribution >= 0.6 is 0 Å². The lowest BCUT2D eigenvalue weighted by Gasteiger charge is -2.40. The topological polar surface area (TPSA) is 90.8 Å². The lowest BCUT2D eigenvalue weighted by molar-refractivity contribution is -0.385. The van der Waals surface area contributed by atoms with E-state index in [1.54, 1.807) is 0 Å². The van der Waals surface area contributed by atoms with Gasteiger partial charge in [0.1, 0.15) is 17.2 Å². The largest absolute Gasteiger partial charge is 0.424 e. The van der Waals surface area contributed by atoms with Crippen LogP contribution in [-0.4, -0.2) is 29.1 Å². The van der Waals surface area contributed by atoms with Crippen molar-refractivity contribution in [3.63, 3.8) is 0 Å². The first-order chi connectivity index (χ1) is 10.4. The fourth-order valence-electron chi connectivity index (χ4n) is 2.17. The van der Waals surface area contributed by atoms with Gasteiger partial charge in [-0.15, -0.1) is 0 Å². The van der Waals surface area contributed by atoms with E-state index in [1.165, 1.54) is 6.92 Å². The van der Waals surface area contributed by atoms with Crippen LogP contribution in [0.2, 0.25) is 0 Å². The van der Waals surface area contributed by atoms with Crippen LogP contribution < -0.4 is 5.73 Å². The molecule has 10 heteroatoms. The molecule has 2 N–H and O–H groups in total. The molecule has 1 heterocycles. The highest BCUT2D eigenvalue weighted by Crippen LogP contribution is 2.41. The Hall–Kier alpha value is -2.23. The van der Waals surface area contributed by atoms with E-state index in [1.807, 2.05) is 0 Å². The number of alkyl halides is 3. The number of amidine groups is 1. The minimum atomic E-state index is -4.80. The Kier molecular flexibility index (Phi) is 3.84. The zero-order chi connectivity index (χ0) is 17.6. The van der Waals surface area contributed by atoms with Gasteiger partial charge in [-0.2, -0.15) is 13.2 Å². The van der Waals surface area contributed by atoms with Gasteiger partial charge in [-0.05, 0) is 19.9 Å². The van der Waals surface area contributed by atoms with E-state index in [-0.39, 0.29) is 5.56 Å². The summed E-state index contributed by atoms with van der Waals surface area (Å²) in [6.45, 7) is 1.37. The third kappa shape index (κ3) is 2.74. The number of non-ortho nitro benzene ring substituents is 1. The van der Waals surface area contributed by atoms with Gasteiger partial charge in [0, 0.05) is 17.7 Å². The molecule has 0 fully saturated rings. The molecule has 23 heavy (non-hydrogen) atoms. The SMILES string of the molecule is CC1(c2cc([N+](=O)[O-])ccc2F)CO[C@@](C)(C(F)(F)F)C(N)=N1. The maximum absolute atomic E-state index is 14.0. The summed E-state index contributed by atoms with van der Waals surface area (Å²) in [5.41, 5.74) is 0.334. The Morgan fingerprint density at radius 3 is 2.48 bits per heavy atom. The molecule has 2 rings (SSSR count). The average molecular weight is 335 g/mol. The van der Waals surface area contributed by atoms with Gasteiger partial charge in [-0.3, -0.25) is 15.1 Å². The minimum Gasteiger partial charge on any atom is -0.385 e. The summed E-state index contributed by atoms with van der Waals surface area (Å²) in [7, 11) is 0. The number of nitro benzene ring substituents is 1. The van der Waals surface area contributed by atoms with Crippen molar-refractivity contribution in [3.05, 3.63) is 39.7 Å².